The highest BCUT2D eigenvalue weighted by Gasteiger charge is 2.32. The Morgan fingerprint density at radius 3 is 2.83 bits per heavy atom. The Labute approximate surface area is 181 Å². The molecule has 3 aromatic rings. The summed E-state index contributed by atoms with van der Waals surface area (Å²) in [4.78, 5) is 16.8. The van der Waals surface area contributed by atoms with Gasteiger partial charge in [-0.05, 0) is 54.8 Å². The van der Waals surface area contributed by atoms with E-state index in [0.717, 1.165) is 29.9 Å². The van der Waals surface area contributed by atoms with Crippen LogP contribution in [-0.2, 0) is 24.2 Å². The fourth-order valence-electron chi connectivity index (χ4n) is 4.42. The van der Waals surface area contributed by atoms with Crippen LogP contribution in [0, 0.1) is 25.2 Å². The first-order valence-electron chi connectivity index (χ1n) is 10.4. The second-order valence-electron chi connectivity index (χ2n) is 7.73. The largest absolute Gasteiger partial charge is 0.331 e. The summed E-state index contributed by atoms with van der Waals surface area (Å²) in [6.07, 6.45) is 2.51. The summed E-state index contributed by atoms with van der Waals surface area (Å²) in [5, 5.41) is 15.5. The standard InChI is InChI=1S/C24H26N4OS/c1-17-20(18(2)28(26-17)14-6-13-25)9-10-23(29)27-15-11-22-21(12-16-30-22)24(27)19-7-4-3-5-8-19/h3-5,7-8,12,16,24H,6,9-11,14-15H2,1-2H3. The average molecular weight is 419 g/mol. The monoisotopic (exact) mass is 418 g/mol. The minimum Gasteiger partial charge on any atom is -0.331 e. The Morgan fingerprint density at radius 2 is 2.07 bits per heavy atom. The third-order valence-electron chi connectivity index (χ3n) is 5.96. The van der Waals surface area contributed by atoms with Crippen molar-refractivity contribution in [3.05, 3.63) is 74.7 Å². The first kappa shape index (κ1) is 20.4. The molecule has 2 aromatic heterocycles. The van der Waals surface area contributed by atoms with E-state index >= 15 is 0 Å². The van der Waals surface area contributed by atoms with Crippen LogP contribution in [0.5, 0.6) is 0 Å². The van der Waals surface area contributed by atoms with E-state index in [2.05, 4.69) is 39.6 Å². The number of nitrogens with zero attached hydrogens (tertiary/aromatic N) is 4. The van der Waals surface area contributed by atoms with Gasteiger partial charge in [0.25, 0.3) is 0 Å². The first-order chi connectivity index (χ1) is 14.6. The lowest BCUT2D eigenvalue weighted by Gasteiger charge is -2.36. The number of fused-ring (bicyclic) bond motifs is 1. The molecule has 0 fully saturated rings. The van der Waals surface area contributed by atoms with Gasteiger partial charge in [-0.3, -0.25) is 9.48 Å². The van der Waals surface area contributed by atoms with Gasteiger partial charge in [0, 0.05) is 23.5 Å². The van der Waals surface area contributed by atoms with Crippen molar-refractivity contribution in [3.63, 3.8) is 0 Å². The van der Waals surface area contributed by atoms with Gasteiger partial charge in [-0.1, -0.05) is 30.3 Å². The maximum Gasteiger partial charge on any atom is 0.223 e. The van der Waals surface area contributed by atoms with Crippen LogP contribution >= 0.6 is 11.3 Å². The number of carbonyl (C=O) groups excluding carboxylic acids is 1. The summed E-state index contributed by atoms with van der Waals surface area (Å²) in [5.74, 6) is 0.185. The molecule has 1 aromatic carbocycles. The van der Waals surface area contributed by atoms with Gasteiger partial charge < -0.3 is 4.90 Å². The van der Waals surface area contributed by atoms with Crippen LogP contribution < -0.4 is 0 Å². The van der Waals surface area contributed by atoms with Gasteiger partial charge in [0.2, 0.25) is 5.91 Å². The van der Waals surface area contributed by atoms with Gasteiger partial charge >= 0.3 is 0 Å². The van der Waals surface area contributed by atoms with E-state index in [0.29, 0.717) is 25.8 Å². The average Bonchev–Trinajstić information content (AvgIpc) is 3.34. The van der Waals surface area contributed by atoms with Crippen molar-refractivity contribution in [2.24, 2.45) is 0 Å². The van der Waals surface area contributed by atoms with Crippen molar-refractivity contribution in [1.82, 2.24) is 14.7 Å². The van der Waals surface area contributed by atoms with Crippen LogP contribution in [0.2, 0.25) is 0 Å². The molecule has 1 amide bonds. The molecule has 0 spiro atoms. The maximum atomic E-state index is 13.3. The number of amides is 1. The third kappa shape index (κ3) is 3.90. The molecule has 0 bridgehead atoms. The van der Waals surface area contributed by atoms with Crippen LogP contribution in [0.3, 0.4) is 0 Å². The molecule has 1 atom stereocenters. The molecule has 1 aliphatic rings. The second kappa shape index (κ2) is 8.85. The van der Waals surface area contributed by atoms with Gasteiger partial charge in [0.15, 0.2) is 0 Å². The highest BCUT2D eigenvalue weighted by Crippen LogP contribution is 2.38. The summed E-state index contributed by atoms with van der Waals surface area (Å²) in [6, 6.07) is 14.7. The predicted octanol–water partition coefficient (Wildman–Crippen LogP) is 4.58. The summed E-state index contributed by atoms with van der Waals surface area (Å²) in [5.41, 5.74) is 5.58. The zero-order valence-electron chi connectivity index (χ0n) is 17.5. The normalized spacial score (nSPS) is 15.6. The number of hydrogen-bond donors (Lipinski definition) is 0. The molecule has 0 N–H and O–H groups in total. The number of aromatic nitrogens is 2. The van der Waals surface area contributed by atoms with Crippen LogP contribution in [-0.4, -0.2) is 27.1 Å². The molecule has 154 valence electrons. The quantitative estimate of drug-likeness (QED) is 0.589. The zero-order chi connectivity index (χ0) is 21.1. The van der Waals surface area contributed by atoms with Gasteiger partial charge in [0.05, 0.1) is 30.8 Å². The van der Waals surface area contributed by atoms with Crippen molar-refractivity contribution in [1.29, 1.82) is 5.26 Å². The lowest BCUT2D eigenvalue weighted by molar-refractivity contribution is -0.133. The van der Waals surface area contributed by atoms with Crippen LogP contribution in [0.4, 0.5) is 0 Å². The van der Waals surface area contributed by atoms with Crippen molar-refractivity contribution < 1.29 is 4.79 Å². The van der Waals surface area contributed by atoms with Crippen molar-refractivity contribution in [2.45, 2.75) is 52.1 Å². The van der Waals surface area contributed by atoms with Gasteiger partial charge in [0.1, 0.15) is 0 Å². The molecule has 0 radical (unpaired) electrons. The number of hydrogen-bond acceptors (Lipinski definition) is 4. The fraction of sp³-hybridized carbons (Fsp3) is 0.375. The van der Waals surface area contributed by atoms with Crippen LogP contribution in [0.15, 0.2) is 41.8 Å². The Kier molecular flexibility index (Phi) is 6.01. The Hall–Kier alpha value is -2.91. The van der Waals surface area contributed by atoms with Gasteiger partial charge in [-0.15, -0.1) is 11.3 Å². The second-order valence-corrected chi connectivity index (χ2v) is 8.73. The maximum absolute atomic E-state index is 13.3. The summed E-state index contributed by atoms with van der Waals surface area (Å²) >= 11 is 1.79. The van der Waals surface area contributed by atoms with Crippen molar-refractivity contribution in [3.8, 4) is 6.07 Å². The fourth-order valence-corrected chi connectivity index (χ4v) is 5.33. The molecule has 0 saturated heterocycles. The van der Waals surface area contributed by atoms with E-state index in [1.807, 2.05) is 36.7 Å². The van der Waals surface area contributed by atoms with Gasteiger partial charge in [-0.2, -0.15) is 10.4 Å². The minimum absolute atomic E-state index is 0.00533. The van der Waals surface area contributed by atoms with E-state index in [4.69, 9.17) is 5.26 Å². The highest BCUT2D eigenvalue weighted by atomic mass is 32.1. The first-order valence-corrected chi connectivity index (χ1v) is 11.3. The third-order valence-corrected chi connectivity index (χ3v) is 6.95. The molecule has 4 rings (SSSR count). The van der Waals surface area contributed by atoms with E-state index < -0.39 is 0 Å². The summed E-state index contributed by atoms with van der Waals surface area (Å²) in [7, 11) is 0. The molecule has 1 unspecified atom stereocenters. The highest BCUT2D eigenvalue weighted by molar-refractivity contribution is 7.10. The molecule has 0 aliphatic carbocycles. The summed E-state index contributed by atoms with van der Waals surface area (Å²) in [6.45, 7) is 5.37. The smallest absolute Gasteiger partial charge is 0.223 e. The van der Waals surface area contributed by atoms with E-state index in [1.165, 1.54) is 16.0 Å². The van der Waals surface area contributed by atoms with E-state index in [9.17, 15) is 4.79 Å². The van der Waals surface area contributed by atoms with Crippen LogP contribution in [0.25, 0.3) is 0 Å². The van der Waals surface area contributed by atoms with Crippen molar-refractivity contribution in [2.75, 3.05) is 6.54 Å². The number of rotatable bonds is 6. The number of aryl methyl sites for hydroxylation is 2. The minimum atomic E-state index is -0.00533. The topological polar surface area (TPSA) is 61.9 Å². The number of thiophene rings is 1. The zero-order valence-corrected chi connectivity index (χ0v) is 18.3. The Balaban J connectivity index is 1.53. The summed E-state index contributed by atoms with van der Waals surface area (Å²) < 4.78 is 1.89. The Bertz CT molecular complexity index is 1080. The SMILES string of the molecule is Cc1nn(CCC#N)c(C)c1CCC(=O)N1CCc2sccc2C1c1ccccc1. The number of nitriles is 1. The van der Waals surface area contributed by atoms with Crippen LogP contribution in [0.1, 0.15) is 51.8 Å². The number of benzene rings is 1. The molecular formula is C24H26N4OS. The lowest BCUT2D eigenvalue weighted by Crippen LogP contribution is -2.40. The molecular weight excluding hydrogens is 392 g/mol. The molecule has 0 saturated carbocycles. The molecule has 1 aliphatic heterocycles. The lowest BCUT2D eigenvalue weighted by atomic mass is 9.92. The molecule has 3 heterocycles. The predicted molar refractivity (Wildman–Crippen MR) is 118 cm³/mol. The molecule has 6 heteroatoms. The van der Waals surface area contributed by atoms with E-state index in [-0.39, 0.29) is 11.9 Å². The van der Waals surface area contributed by atoms with Crippen molar-refractivity contribution >= 4 is 17.2 Å². The number of carbonyl (C=O) groups is 1. The Morgan fingerprint density at radius 1 is 1.27 bits per heavy atom. The molecule has 30 heavy (non-hydrogen) atoms. The molecule has 5 nitrogen and oxygen atoms in total. The van der Waals surface area contributed by atoms with E-state index in [1.54, 1.807) is 11.3 Å². The van der Waals surface area contributed by atoms with Gasteiger partial charge in [-0.25, -0.2) is 0 Å².